The van der Waals surface area contributed by atoms with Gasteiger partial charge in [-0.1, -0.05) is 54.9 Å². The maximum atomic E-state index is 13.5. The van der Waals surface area contributed by atoms with Gasteiger partial charge >= 0.3 is 0 Å². The first kappa shape index (κ1) is 15.0. The van der Waals surface area contributed by atoms with E-state index in [0.717, 1.165) is 12.1 Å². The Morgan fingerprint density at radius 2 is 1.90 bits per heavy atom. The van der Waals surface area contributed by atoms with Gasteiger partial charge in [0.1, 0.15) is 5.82 Å². The Kier molecular flexibility index (Phi) is 5.16. The Balaban J connectivity index is 2.31. The highest BCUT2D eigenvalue weighted by molar-refractivity contribution is 6.31. The second kappa shape index (κ2) is 6.87. The highest BCUT2D eigenvalue weighted by Crippen LogP contribution is 2.27. The summed E-state index contributed by atoms with van der Waals surface area (Å²) in [5.74, 6) is -0.357. The van der Waals surface area contributed by atoms with Gasteiger partial charge in [-0.25, -0.2) is 4.39 Å². The van der Waals surface area contributed by atoms with E-state index in [9.17, 15) is 4.39 Å². The molecule has 0 saturated heterocycles. The minimum Gasteiger partial charge on any atom is -0.310 e. The van der Waals surface area contributed by atoms with E-state index in [-0.39, 0.29) is 16.9 Å². The van der Waals surface area contributed by atoms with Gasteiger partial charge in [-0.3, -0.25) is 0 Å². The van der Waals surface area contributed by atoms with Crippen LogP contribution in [0.1, 0.15) is 29.7 Å². The maximum Gasteiger partial charge on any atom is 0.142 e. The lowest BCUT2D eigenvalue weighted by Crippen LogP contribution is -2.23. The molecule has 1 N–H and O–H groups in total. The third-order valence-electron chi connectivity index (χ3n) is 3.47. The van der Waals surface area contributed by atoms with E-state index in [1.165, 1.54) is 17.2 Å². The zero-order valence-corrected chi connectivity index (χ0v) is 12.5. The molecule has 0 heterocycles. The summed E-state index contributed by atoms with van der Waals surface area (Å²) in [7, 11) is 0. The molecule has 2 rings (SSSR count). The van der Waals surface area contributed by atoms with Crippen LogP contribution in [0.2, 0.25) is 5.02 Å². The first-order chi connectivity index (χ1) is 9.63. The van der Waals surface area contributed by atoms with Gasteiger partial charge in [0.2, 0.25) is 0 Å². The molecule has 0 saturated carbocycles. The molecule has 2 aromatic carbocycles. The van der Waals surface area contributed by atoms with Crippen LogP contribution in [-0.2, 0) is 6.42 Å². The first-order valence-electron chi connectivity index (χ1n) is 6.85. The molecule has 3 heteroatoms. The third-order valence-corrected chi connectivity index (χ3v) is 3.89. The van der Waals surface area contributed by atoms with Crippen LogP contribution in [0.25, 0.3) is 0 Å². The van der Waals surface area contributed by atoms with Gasteiger partial charge in [0.15, 0.2) is 0 Å². The summed E-state index contributed by atoms with van der Waals surface area (Å²) in [6.45, 7) is 5.01. The lowest BCUT2D eigenvalue weighted by atomic mass is 9.95. The zero-order chi connectivity index (χ0) is 14.5. The fourth-order valence-electron chi connectivity index (χ4n) is 2.44. The highest BCUT2D eigenvalue weighted by Gasteiger charge is 2.16. The number of hydrogen-bond donors (Lipinski definition) is 1. The van der Waals surface area contributed by atoms with Gasteiger partial charge in [0.25, 0.3) is 0 Å². The van der Waals surface area contributed by atoms with Gasteiger partial charge in [-0.05, 0) is 42.6 Å². The standard InChI is InChI=1S/C17H19ClFN/c1-3-20-16(14-9-5-4-7-12(14)2)11-13-8-6-10-15(19)17(13)18/h4-10,16,20H,3,11H2,1-2H3. The van der Waals surface area contributed by atoms with Crippen LogP contribution in [0.15, 0.2) is 42.5 Å². The molecule has 0 aliphatic carbocycles. The Bertz CT molecular complexity index is 583. The van der Waals surface area contributed by atoms with Gasteiger partial charge in [0.05, 0.1) is 5.02 Å². The second-order valence-electron chi connectivity index (χ2n) is 4.88. The van der Waals surface area contributed by atoms with Crippen LogP contribution < -0.4 is 5.32 Å². The molecule has 20 heavy (non-hydrogen) atoms. The summed E-state index contributed by atoms with van der Waals surface area (Å²) < 4.78 is 13.5. The van der Waals surface area contributed by atoms with Crippen LogP contribution in [0, 0.1) is 12.7 Å². The van der Waals surface area contributed by atoms with Crippen molar-refractivity contribution in [1.29, 1.82) is 0 Å². The van der Waals surface area contributed by atoms with E-state index in [4.69, 9.17) is 11.6 Å². The molecule has 1 nitrogen and oxygen atoms in total. The van der Waals surface area contributed by atoms with E-state index in [0.29, 0.717) is 6.42 Å². The van der Waals surface area contributed by atoms with E-state index in [1.54, 1.807) is 6.07 Å². The molecule has 0 bridgehead atoms. The molecule has 0 aromatic heterocycles. The smallest absolute Gasteiger partial charge is 0.142 e. The topological polar surface area (TPSA) is 12.0 Å². The molecule has 0 fully saturated rings. The van der Waals surface area contributed by atoms with Crippen molar-refractivity contribution in [3.63, 3.8) is 0 Å². The summed E-state index contributed by atoms with van der Waals surface area (Å²) >= 11 is 6.06. The third kappa shape index (κ3) is 3.38. The summed E-state index contributed by atoms with van der Waals surface area (Å²) in [5.41, 5.74) is 3.29. The van der Waals surface area contributed by atoms with Crippen molar-refractivity contribution in [3.05, 3.63) is 70.0 Å². The number of rotatable bonds is 5. The van der Waals surface area contributed by atoms with Crippen molar-refractivity contribution in [2.75, 3.05) is 6.54 Å². The summed E-state index contributed by atoms with van der Waals surface area (Å²) in [5, 5.41) is 3.68. The fraction of sp³-hybridized carbons (Fsp3) is 0.294. The lowest BCUT2D eigenvalue weighted by Gasteiger charge is -2.21. The van der Waals surface area contributed by atoms with E-state index in [2.05, 4.69) is 31.3 Å². The number of nitrogens with one attached hydrogen (secondary N) is 1. The van der Waals surface area contributed by atoms with Crippen molar-refractivity contribution in [3.8, 4) is 0 Å². The largest absolute Gasteiger partial charge is 0.310 e. The average molecular weight is 292 g/mol. The molecule has 0 spiro atoms. The van der Waals surface area contributed by atoms with Crippen LogP contribution in [0.3, 0.4) is 0 Å². The minimum absolute atomic E-state index is 0.139. The highest BCUT2D eigenvalue weighted by atomic mass is 35.5. The van der Waals surface area contributed by atoms with Crippen LogP contribution in [0.4, 0.5) is 4.39 Å². The average Bonchev–Trinajstić information content (AvgIpc) is 2.44. The molecule has 1 atom stereocenters. The maximum absolute atomic E-state index is 13.5. The molecular formula is C17H19ClFN. The van der Waals surface area contributed by atoms with Crippen LogP contribution in [0.5, 0.6) is 0 Å². The molecule has 0 aliphatic rings. The van der Waals surface area contributed by atoms with Gasteiger partial charge < -0.3 is 5.32 Å². The van der Waals surface area contributed by atoms with Crippen molar-refractivity contribution < 1.29 is 4.39 Å². The second-order valence-corrected chi connectivity index (χ2v) is 5.26. The summed E-state index contributed by atoms with van der Waals surface area (Å²) in [6.07, 6.45) is 0.676. The molecule has 106 valence electrons. The SMILES string of the molecule is CCNC(Cc1cccc(F)c1Cl)c1ccccc1C. The fourth-order valence-corrected chi connectivity index (χ4v) is 2.65. The van der Waals surface area contributed by atoms with E-state index >= 15 is 0 Å². The monoisotopic (exact) mass is 291 g/mol. The Morgan fingerprint density at radius 1 is 1.15 bits per heavy atom. The Hall–Kier alpha value is -1.38. The molecule has 0 radical (unpaired) electrons. The molecule has 1 unspecified atom stereocenters. The Morgan fingerprint density at radius 3 is 2.60 bits per heavy atom. The predicted molar refractivity (Wildman–Crippen MR) is 82.7 cm³/mol. The van der Waals surface area contributed by atoms with E-state index in [1.807, 2.05) is 18.2 Å². The number of hydrogen-bond acceptors (Lipinski definition) is 1. The molecule has 0 amide bonds. The quantitative estimate of drug-likeness (QED) is 0.843. The van der Waals surface area contributed by atoms with Gasteiger partial charge in [0, 0.05) is 6.04 Å². The number of likely N-dealkylation sites (N-methyl/N-ethyl adjacent to an activating group) is 1. The zero-order valence-electron chi connectivity index (χ0n) is 11.8. The van der Waals surface area contributed by atoms with Crippen molar-refractivity contribution >= 4 is 11.6 Å². The number of halogens is 2. The van der Waals surface area contributed by atoms with E-state index < -0.39 is 0 Å². The van der Waals surface area contributed by atoms with Gasteiger partial charge in [-0.15, -0.1) is 0 Å². The first-order valence-corrected chi connectivity index (χ1v) is 7.23. The molecule has 0 aliphatic heterocycles. The predicted octanol–water partition coefficient (Wildman–Crippen LogP) is 4.68. The summed E-state index contributed by atoms with van der Waals surface area (Å²) in [4.78, 5) is 0. The van der Waals surface area contributed by atoms with Gasteiger partial charge in [-0.2, -0.15) is 0 Å². The Labute approximate surface area is 124 Å². The lowest BCUT2D eigenvalue weighted by molar-refractivity contribution is 0.544. The van der Waals surface area contributed by atoms with Crippen molar-refractivity contribution in [2.24, 2.45) is 0 Å². The number of benzene rings is 2. The number of aryl methyl sites for hydroxylation is 1. The molecule has 2 aromatic rings. The van der Waals surface area contributed by atoms with Crippen LogP contribution in [-0.4, -0.2) is 6.54 Å². The normalized spacial score (nSPS) is 12.4. The molecular weight excluding hydrogens is 273 g/mol. The minimum atomic E-state index is -0.357. The van der Waals surface area contributed by atoms with Crippen LogP contribution >= 0.6 is 11.6 Å². The summed E-state index contributed by atoms with van der Waals surface area (Å²) in [6, 6.07) is 13.4. The van der Waals surface area contributed by atoms with Crippen molar-refractivity contribution in [1.82, 2.24) is 5.32 Å². The van der Waals surface area contributed by atoms with Crippen molar-refractivity contribution in [2.45, 2.75) is 26.3 Å².